The van der Waals surface area contributed by atoms with Gasteiger partial charge in [0.1, 0.15) is 5.82 Å². The van der Waals surface area contributed by atoms with E-state index in [0.29, 0.717) is 24.3 Å². The third-order valence-corrected chi connectivity index (χ3v) is 2.02. The minimum absolute atomic E-state index is 0.333. The zero-order valence-electron chi connectivity index (χ0n) is 9.65. The Hall–Kier alpha value is -1.68. The second-order valence-electron chi connectivity index (χ2n) is 3.62. The molecule has 17 heavy (non-hydrogen) atoms. The van der Waals surface area contributed by atoms with Gasteiger partial charge in [-0.25, -0.2) is 9.18 Å². The highest BCUT2D eigenvalue weighted by Gasteiger charge is 2.00. The van der Waals surface area contributed by atoms with Gasteiger partial charge < -0.3 is 9.84 Å². The summed E-state index contributed by atoms with van der Waals surface area (Å²) in [5.41, 5.74) is 1.21. The Morgan fingerprint density at radius 2 is 2.24 bits per heavy atom. The molecule has 0 heterocycles. The molecule has 0 amide bonds. The molecule has 0 bridgehead atoms. The molecule has 3 nitrogen and oxygen atoms in total. The first-order valence-electron chi connectivity index (χ1n) is 5.40. The highest BCUT2D eigenvalue weighted by molar-refractivity contribution is 5.85. The summed E-state index contributed by atoms with van der Waals surface area (Å²) in [6.07, 6.45) is 3.24. The molecule has 1 aromatic carbocycles. The van der Waals surface area contributed by atoms with Crippen LogP contribution < -0.4 is 0 Å². The maximum absolute atomic E-state index is 13.2. The predicted octanol–water partition coefficient (Wildman–Crippen LogP) is 2.85. The molecule has 0 aliphatic rings. The van der Waals surface area contributed by atoms with E-state index >= 15 is 0 Å². The Kier molecular flexibility index (Phi) is 5.36. The van der Waals surface area contributed by atoms with Crippen molar-refractivity contribution in [3.8, 4) is 0 Å². The first-order chi connectivity index (χ1) is 8.11. The average Bonchev–Trinajstić information content (AvgIpc) is 2.26. The van der Waals surface area contributed by atoms with Crippen molar-refractivity contribution in [3.63, 3.8) is 0 Å². The van der Waals surface area contributed by atoms with Crippen molar-refractivity contribution in [2.75, 3.05) is 6.61 Å². The van der Waals surface area contributed by atoms with Crippen LogP contribution in [0.5, 0.6) is 0 Å². The van der Waals surface area contributed by atoms with Crippen molar-refractivity contribution in [1.82, 2.24) is 0 Å². The first-order valence-corrected chi connectivity index (χ1v) is 5.40. The van der Waals surface area contributed by atoms with Crippen LogP contribution in [0.2, 0.25) is 0 Å². The second-order valence-corrected chi connectivity index (χ2v) is 3.62. The number of carboxylic acids is 1. The lowest BCUT2D eigenvalue weighted by Gasteiger charge is -2.04. The highest BCUT2D eigenvalue weighted by Crippen LogP contribution is 2.12. The lowest BCUT2D eigenvalue weighted by Crippen LogP contribution is -1.95. The van der Waals surface area contributed by atoms with Crippen LogP contribution in [0.4, 0.5) is 4.39 Å². The van der Waals surface area contributed by atoms with Crippen molar-refractivity contribution >= 4 is 12.0 Å². The molecule has 0 fully saturated rings. The van der Waals surface area contributed by atoms with Gasteiger partial charge in [0.05, 0.1) is 6.61 Å². The van der Waals surface area contributed by atoms with Gasteiger partial charge in [0.25, 0.3) is 0 Å². The SMILES string of the molecule is CCCOCc1cc(F)cc(C=CC(=O)O)c1. The van der Waals surface area contributed by atoms with Crippen molar-refractivity contribution in [1.29, 1.82) is 0 Å². The number of hydrogen-bond donors (Lipinski definition) is 1. The maximum Gasteiger partial charge on any atom is 0.328 e. The van der Waals surface area contributed by atoms with Crippen LogP contribution in [0, 0.1) is 5.82 Å². The quantitative estimate of drug-likeness (QED) is 0.612. The van der Waals surface area contributed by atoms with Crippen molar-refractivity contribution in [2.45, 2.75) is 20.0 Å². The number of carboxylic acid groups (broad SMARTS) is 1. The summed E-state index contributed by atoms with van der Waals surface area (Å²) in [5.74, 6) is -1.45. The maximum atomic E-state index is 13.2. The Morgan fingerprint density at radius 3 is 2.88 bits per heavy atom. The predicted molar refractivity (Wildman–Crippen MR) is 63.0 cm³/mol. The zero-order valence-corrected chi connectivity index (χ0v) is 9.65. The Morgan fingerprint density at radius 1 is 1.47 bits per heavy atom. The van der Waals surface area contributed by atoms with Crippen molar-refractivity contribution in [3.05, 3.63) is 41.2 Å². The van der Waals surface area contributed by atoms with E-state index in [2.05, 4.69) is 0 Å². The van der Waals surface area contributed by atoms with Gasteiger partial charge in [0.15, 0.2) is 0 Å². The van der Waals surface area contributed by atoms with Gasteiger partial charge in [-0.2, -0.15) is 0 Å². The zero-order chi connectivity index (χ0) is 12.7. The topological polar surface area (TPSA) is 46.5 Å². The molecule has 0 aromatic heterocycles. The molecule has 1 N–H and O–H groups in total. The van der Waals surface area contributed by atoms with E-state index in [1.807, 2.05) is 6.92 Å². The lowest BCUT2D eigenvalue weighted by molar-refractivity contribution is -0.131. The van der Waals surface area contributed by atoms with Crippen LogP contribution in [-0.2, 0) is 16.1 Å². The van der Waals surface area contributed by atoms with Crippen LogP contribution in [0.15, 0.2) is 24.3 Å². The van der Waals surface area contributed by atoms with Gasteiger partial charge in [-0.15, -0.1) is 0 Å². The van der Waals surface area contributed by atoms with E-state index in [9.17, 15) is 9.18 Å². The summed E-state index contributed by atoms with van der Waals surface area (Å²) in [4.78, 5) is 10.3. The molecule has 0 aliphatic heterocycles. The van der Waals surface area contributed by atoms with Crippen molar-refractivity contribution < 1.29 is 19.0 Å². The largest absolute Gasteiger partial charge is 0.478 e. The van der Waals surface area contributed by atoms with E-state index < -0.39 is 11.8 Å². The normalized spacial score (nSPS) is 10.9. The first kappa shape index (κ1) is 13.4. The smallest absolute Gasteiger partial charge is 0.328 e. The molecule has 0 radical (unpaired) electrons. The van der Waals surface area contributed by atoms with Gasteiger partial charge in [0.2, 0.25) is 0 Å². The van der Waals surface area contributed by atoms with E-state index in [1.54, 1.807) is 6.07 Å². The Bertz CT molecular complexity index is 413. The molecule has 1 aromatic rings. The molecule has 0 saturated carbocycles. The highest BCUT2D eigenvalue weighted by atomic mass is 19.1. The summed E-state index contributed by atoms with van der Waals surface area (Å²) in [7, 11) is 0. The number of hydrogen-bond acceptors (Lipinski definition) is 2. The Labute approximate surface area is 99.5 Å². The lowest BCUT2D eigenvalue weighted by atomic mass is 10.1. The summed E-state index contributed by atoms with van der Waals surface area (Å²) in [5, 5.41) is 8.48. The van der Waals surface area contributed by atoms with Gasteiger partial charge in [-0.3, -0.25) is 0 Å². The number of aliphatic carboxylic acids is 1. The van der Waals surface area contributed by atoms with E-state index in [1.165, 1.54) is 18.2 Å². The number of carbonyl (C=O) groups is 1. The molecule has 0 saturated heterocycles. The molecule has 1 rings (SSSR count). The van der Waals surface area contributed by atoms with Crippen LogP contribution in [0.3, 0.4) is 0 Å². The van der Waals surface area contributed by atoms with Gasteiger partial charge in [-0.1, -0.05) is 6.92 Å². The van der Waals surface area contributed by atoms with Crippen LogP contribution >= 0.6 is 0 Å². The van der Waals surface area contributed by atoms with Gasteiger partial charge in [-0.05, 0) is 41.8 Å². The second kappa shape index (κ2) is 6.81. The van der Waals surface area contributed by atoms with E-state index in [-0.39, 0.29) is 0 Å². The fraction of sp³-hybridized carbons (Fsp3) is 0.308. The average molecular weight is 238 g/mol. The third kappa shape index (κ3) is 5.26. The molecule has 0 aliphatic carbocycles. The van der Waals surface area contributed by atoms with Crippen LogP contribution in [0.1, 0.15) is 24.5 Å². The fourth-order valence-corrected chi connectivity index (χ4v) is 1.36. The standard InChI is InChI=1S/C13H15FO3/c1-2-5-17-9-11-6-10(3-4-13(15)16)7-12(14)8-11/h3-4,6-8H,2,5,9H2,1H3,(H,15,16). The monoisotopic (exact) mass is 238 g/mol. The van der Waals surface area contributed by atoms with Crippen molar-refractivity contribution in [2.24, 2.45) is 0 Å². The Balaban J connectivity index is 2.75. The van der Waals surface area contributed by atoms with Crippen LogP contribution in [-0.4, -0.2) is 17.7 Å². The summed E-state index contributed by atoms with van der Waals surface area (Å²) in [6.45, 7) is 2.95. The minimum Gasteiger partial charge on any atom is -0.478 e. The van der Waals surface area contributed by atoms with E-state index in [4.69, 9.17) is 9.84 Å². The van der Waals surface area contributed by atoms with Gasteiger partial charge in [0, 0.05) is 12.7 Å². The molecule has 0 atom stereocenters. The minimum atomic E-state index is -1.06. The van der Waals surface area contributed by atoms with E-state index in [0.717, 1.165) is 12.5 Å². The number of rotatable bonds is 6. The molecule has 0 unspecified atom stereocenters. The fourth-order valence-electron chi connectivity index (χ4n) is 1.36. The van der Waals surface area contributed by atoms with Gasteiger partial charge >= 0.3 is 5.97 Å². The third-order valence-electron chi connectivity index (χ3n) is 2.02. The molecule has 0 spiro atoms. The molecule has 4 heteroatoms. The molecular formula is C13H15FO3. The summed E-state index contributed by atoms with van der Waals surface area (Å²) < 4.78 is 18.5. The number of ether oxygens (including phenoxy) is 1. The van der Waals surface area contributed by atoms with Crippen LogP contribution in [0.25, 0.3) is 6.08 Å². The summed E-state index contributed by atoms with van der Waals surface area (Å²) in [6, 6.07) is 4.37. The number of benzene rings is 1. The summed E-state index contributed by atoms with van der Waals surface area (Å²) >= 11 is 0. The number of halogens is 1. The molecule has 92 valence electrons. The molecular weight excluding hydrogens is 223 g/mol.